The SMILES string of the molecule is CCOC(=O)c1cnn(C)c1C(C)(C)CCOCc1ccccc1. The largest absolute Gasteiger partial charge is 0.462 e. The Labute approximate surface area is 143 Å². The number of carbonyl (C=O) groups excluding carboxylic acids is 1. The second-order valence-corrected chi connectivity index (χ2v) is 6.42. The van der Waals surface area contributed by atoms with Gasteiger partial charge in [-0.15, -0.1) is 0 Å². The van der Waals surface area contributed by atoms with Gasteiger partial charge in [0.05, 0.1) is 25.1 Å². The Bertz CT molecular complexity index is 663. The minimum Gasteiger partial charge on any atom is -0.462 e. The van der Waals surface area contributed by atoms with Crippen LogP contribution in [0.2, 0.25) is 0 Å². The van der Waals surface area contributed by atoms with E-state index in [1.807, 2.05) is 37.4 Å². The summed E-state index contributed by atoms with van der Waals surface area (Å²) in [4.78, 5) is 12.1. The fourth-order valence-corrected chi connectivity index (χ4v) is 2.81. The van der Waals surface area contributed by atoms with Gasteiger partial charge in [0.15, 0.2) is 0 Å². The summed E-state index contributed by atoms with van der Waals surface area (Å²) in [6.45, 7) is 7.55. The van der Waals surface area contributed by atoms with Gasteiger partial charge in [-0.25, -0.2) is 4.79 Å². The van der Waals surface area contributed by atoms with Gasteiger partial charge < -0.3 is 9.47 Å². The lowest BCUT2D eigenvalue weighted by molar-refractivity contribution is 0.0521. The molecule has 0 aliphatic carbocycles. The highest BCUT2D eigenvalue weighted by atomic mass is 16.5. The number of rotatable bonds is 8. The van der Waals surface area contributed by atoms with Crippen LogP contribution in [0.3, 0.4) is 0 Å². The summed E-state index contributed by atoms with van der Waals surface area (Å²) < 4.78 is 12.7. The molecule has 0 saturated carbocycles. The van der Waals surface area contributed by atoms with Crippen molar-refractivity contribution in [3.05, 3.63) is 53.3 Å². The van der Waals surface area contributed by atoms with Crippen LogP contribution in [0, 0.1) is 0 Å². The summed E-state index contributed by atoms with van der Waals surface area (Å²) in [5.74, 6) is -0.320. The van der Waals surface area contributed by atoms with Crippen molar-refractivity contribution in [2.45, 2.75) is 39.2 Å². The van der Waals surface area contributed by atoms with Crippen LogP contribution < -0.4 is 0 Å². The molecule has 0 atom stereocenters. The van der Waals surface area contributed by atoms with Crippen molar-refractivity contribution in [2.24, 2.45) is 7.05 Å². The molecule has 5 nitrogen and oxygen atoms in total. The molecule has 0 bridgehead atoms. The molecule has 24 heavy (non-hydrogen) atoms. The van der Waals surface area contributed by atoms with Gasteiger partial charge >= 0.3 is 5.97 Å². The first kappa shape index (κ1) is 18.2. The number of aryl methyl sites for hydroxylation is 1. The van der Waals surface area contributed by atoms with Crippen LogP contribution in [0.4, 0.5) is 0 Å². The number of nitrogens with zero attached hydrogens (tertiary/aromatic N) is 2. The van der Waals surface area contributed by atoms with Crippen LogP contribution in [0.5, 0.6) is 0 Å². The van der Waals surface area contributed by atoms with E-state index in [0.717, 1.165) is 17.7 Å². The normalized spacial score (nSPS) is 11.5. The minimum atomic E-state index is -0.320. The topological polar surface area (TPSA) is 53.3 Å². The van der Waals surface area contributed by atoms with Crippen LogP contribution in [-0.2, 0) is 28.5 Å². The van der Waals surface area contributed by atoms with Gasteiger partial charge in [-0.3, -0.25) is 4.68 Å². The van der Waals surface area contributed by atoms with Crippen LogP contribution in [0.1, 0.15) is 48.8 Å². The Balaban J connectivity index is 1.99. The second kappa shape index (κ2) is 8.11. The second-order valence-electron chi connectivity index (χ2n) is 6.42. The van der Waals surface area contributed by atoms with Crippen molar-refractivity contribution in [1.29, 1.82) is 0 Å². The van der Waals surface area contributed by atoms with Gasteiger partial charge in [0.1, 0.15) is 5.56 Å². The van der Waals surface area contributed by atoms with Crippen molar-refractivity contribution in [1.82, 2.24) is 9.78 Å². The summed E-state index contributed by atoms with van der Waals surface area (Å²) in [6, 6.07) is 10.1. The third-order valence-corrected chi connectivity index (χ3v) is 4.06. The predicted octanol–water partition coefficient (Wildman–Crippen LogP) is 3.48. The number of hydrogen-bond acceptors (Lipinski definition) is 4. The monoisotopic (exact) mass is 330 g/mol. The number of ether oxygens (including phenoxy) is 2. The number of hydrogen-bond donors (Lipinski definition) is 0. The highest BCUT2D eigenvalue weighted by Crippen LogP contribution is 2.30. The third kappa shape index (κ3) is 4.45. The first-order valence-corrected chi connectivity index (χ1v) is 8.27. The highest BCUT2D eigenvalue weighted by molar-refractivity contribution is 5.90. The molecular weight excluding hydrogens is 304 g/mol. The molecule has 1 aromatic carbocycles. The fraction of sp³-hybridized carbons (Fsp3) is 0.474. The van der Waals surface area contributed by atoms with Crippen molar-refractivity contribution in [3.63, 3.8) is 0 Å². The summed E-state index contributed by atoms with van der Waals surface area (Å²) >= 11 is 0. The first-order valence-electron chi connectivity index (χ1n) is 8.27. The van der Waals surface area contributed by atoms with E-state index in [1.165, 1.54) is 0 Å². The lowest BCUT2D eigenvalue weighted by Crippen LogP contribution is -2.26. The zero-order valence-corrected chi connectivity index (χ0v) is 14.9. The summed E-state index contributed by atoms with van der Waals surface area (Å²) in [6.07, 6.45) is 2.37. The summed E-state index contributed by atoms with van der Waals surface area (Å²) in [5, 5.41) is 4.24. The van der Waals surface area contributed by atoms with Crippen LogP contribution in [-0.4, -0.2) is 29.0 Å². The Morgan fingerprint density at radius 3 is 2.62 bits per heavy atom. The van der Waals surface area contributed by atoms with E-state index in [2.05, 4.69) is 18.9 Å². The number of esters is 1. The van der Waals surface area contributed by atoms with Crippen molar-refractivity contribution in [2.75, 3.05) is 13.2 Å². The Morgan fingerprint density at radius 2 is 1.96 bits per heavy atom. The average Bonchev–Trinajstić information content (AvgIpc) is 2.95. The number of aromatic nitrogens is 2. The molecule has 1 aromatic heterocycles. The average molecular weight is 330 g/mol. The molecule has 5 heteroatoms. The fourth-order valence-electron chi connectivity index (χ4n) is 2.81. The molecule has 2 aromatic rings. The van der Waals surface area contributed by atoms with Gasteiger partial charge in [-0.05, 0) is 18.9 Å². The van der Waals surface area contributed by atoms with Gasteiger partial charge in [0, 0.05) is 19.1 Å². The van der Waals surface area contributed by atoms with E-state index in [1.54, 1.807) is 17.8 Å². The quantitative estimate of drug-likeness (QED) is 0.549. The molecule has 0 aliphatic heterocycles. The van der Waals surface area contributed by atoms with Gasteiger partial charge in [0.2, 0.25) is 0 Å². The third-order valence-electron chi connectivity index (χ3n) is 4.06. The van der Waals surface area contributed by atoms with Gasteiger partial charge in [-0.1, -0.05) is 44.2 Å². The molecule has 0 N–H and O–H groups in total. The van der Waals surface area contributed by atoms with Gasteiger partial charge in [0.25, 0.3) is 0 Å². The molecule has 2 rings (SSSR count). The van der Waals surface area contributed by atoms with Crippen LogP contribution in [0.25, 0.3) is 0 Å². The van der Waals surface area contributed by atoms with Gasteiger partial charge in [-0.2, -0.15) is 5.10 Å². The van der Waals surface area contributed by atoms with Crippen molar-refractivity contribution in [3.8, 4) is 0 Å². The molecule has 0 fully saturated rings. The molecule has 0 aliphatic rings. The predicted molar refractivity (Wildman–Crippen MR) is 92.9 cm³/mol. The molecule has 130 valence electrons. The molecule has 0 unspecified atom stereocenters. The molecule has 0 saturated heterocycles. The lowest BCUT2D eigenvalue weighted by Gasteiger charge is -2.26. The van der Waals surface area contributed by atoms with E-state index in [4.69, 9.17) is 9.47 Å². The zero-order valence-electron chi connectivity index (χ0n) is 14.9. The standard InChI is InChI=1S/C19H26N2O3/c1-5-24-18(22)16-13-20-21(4)17(16)19(2,3)11-12-23-14-15-9-7-6-8-10-15/h6-10,13H,5,11-12,14H2,1-4H3. The van der Waals surface area contributed by atoms with Crippen LogP contribution in [0.15, 0.2) is 36.5 Å². The Hall–Kier alpha value is -2.14. The maximum Gasteiger partial charge on any atom is 0.341 e. The lowest BCUT2D eigenvalue weighted by atomic mass is 9.83. The van der Waals surface area contributed by atoms with Crippen LogP contribution >= 0.6 is 0 Å². The molecule has 0 radical (unpaired) electrons. The van der Waals surface area contributed by atoms with E-state index in [9.17, 15) is 4.79 Å². The Kier molecular flexibility index (Phi) is 6.15. The smallest absolute Gasteiger partial charge is 0.341 e. The van der Waals surface area contributed by atoms with E-state index >= 15 is 0 Å². The number of benzene rings is 1. The van der Waals surface area contributed by atoms with E-state index in [-0.39, 0.29) is 11.4 Å². The molecule has 0 spiro atoms. The minimum absolute atomic E-state index is 0.246. The molecule has 1 heterocycles. The van der Waals surface area contributed by atoms with E-state index < -0.39 is 0 Å². The zero-order chi connectivity index (χ0) is 17.6. The highest BCUT2D eigenvalue weighted by Gasteiger charge is 2.30. The number of carbonyl (C=O) groups is 1. The maximum absolute atomic E-state index is 12.1. The molecular formula is C19H26N2O3. The first-order chi connectivity index (χ1) is 11.5. The van der Waals surface area contributed by atoms with Crippen molar-refractivity contribution < 1.29 is 14.3 Å². The van der Waals surface area contributed by atoms with Crippen molar-refractivity contribution >= 4 is 5.97 Å². The maximum atomic E-state index is 12.1. The summed E-state index contributed by atoms with van der Waals surface area (Å²) in [5.41, 5.74) is 2.32. The molecule has 0 amide bonds. The van der Waals surface area contributed by atoms with E-state index in [0.29, 0.717) is 25.4 Å². The Morgan fingerprint density at radius 1 is 1.25 bits per heavy atom. The summed E-state index contributed by atoms with van der Waals surface area (Å²) in [7, 11) is 1.85.